The third kappa shape index (κ3) is 1.50. The minimum absolute atomic E-state index is 0.120. The van der Waals surface area contributed by atoms with E-state index in [2.05, 4.69) is 31.0 Å². The summed E-state index contributed by atoms with van der Waals surface area (Å²) in [5.41, 5.74) is 0.942. The molecule has 1 saturated heterocycles. The van der Waals surface area contributed by atoms with Crippen LogP contribution in [0.4, 0.5) is 0 Å². The minimum Gasteiger partial charge on any atom is -0.375 e. The van der Waals surface area contributed by atoms with E-state index in [1.54, 1.807) is 18.4 Å². The highest BCUT2D eigenvalue weighted by Gasteiger charge is 2.43. The Morgan fingerprint density at radius 3 is 2.93 bits per heavy atom. The molecule has 1 aliphatic heterocycles. The van der Waals surface area contributed by atoms with Crippen molar-refractivity contribution in [2.24, 2.45) is 0 Å². The van der Waals surface area contributed by atoms with Gasteiger partial charge in [-0.25, -0.2) is 0 Å². The number of thiol groups is 1. The molecule has 1 aliphatic rings. The highest BCUT2D eigenvalue weighted by molar-refractivity contribution is 7.82. The van der Waals surface area contributed by atoms with Gasteiger partial charge in [-0.3, -0.25) is 0 Å². The molecule has 0 aromatic carbocycles. The van der Waals surface area contributed by atoms with Crippen molar-refractivity contribution in [3.63, 3.8) is 0 Å². The molecule has 0 amide bonds. The molecule has 0 saturated carbocycles. The number of thiophene rings is 1. The summed E-state index contributed by atoms with van der Waals surface area (Å²) in [6.45, 7) is 2.83. The van der Waals surface area contributed by atoms with Gasteiger partial charge in [0.15, 0.2) is 0 Å². The maximum Gasteiger partial charge on any atom is 0.121 e. The lowest BCUT2D eigenvalue weighted by atomic mass is 9.90. The Morgan fingerprint density at radius 2 is 2.50 bits per heavy atom. The lowest BCUT2D eigenvalue weighted by Crippen LogP contribution is -2.35. The molecule has 1 fully saturated rings. The van der Waals surface area contributed by atoms with E-state index in [0.29, 0.717) is 0 Å². The Bertz CT molecular complexity index is 324. The summed E-state index contributed by atoms with van der Waals surface area (Å²) in [7, 11) is 1.75. The predicted molar refractivity (Wildman–Crippen MR) is 60.3 cm³/mol. The topological polar surface area (TPSA) is 18.5 Å². The van der Waals surface area contributed by atoms with Crippen molar-refractivity contribution >= 4 is 24.0 Å². The van der Waals surface area contributed by atoms with Crippen LogP contribution in [0.2, 0.25) is 0 Å². The van der Waals surface area contributed by atoms with Crippen LogP contribution in [0.25, 0.3) is 0 Å². The highest BCUT2D eigenvalue weighted by Crippen LogP contribution is 2.41. The second-order valence-corrected chi connectivity index (χ2v) is 5.23. The van der Waals surface area contributed by atoms with Crippen LogP contribution in [0.1, 0.15) is 18.9 Å². The fourth-order valence-corrected chi connectivity index (χ4v) is 3.04. The van der Waals surface area contributed by atoms with E-state index in [9.17, 15) is 0 Å². The summed E-state index contributed by atoms with van der Waals surface area (Å²) in [5, 5.41) is 2.11. The molecular weight excluding hydrogens is 216 g/mol. The van der Waals surface area contributed by atoms with Gasteiger partial charge in [0.2, 0.25) is 0 Å². The van der Waals surface area contributed by atoms with Crippen LogP contribution in [0.15, 0.2) is 15.7 Å². The quantitative estimate of drug-likeness (QED) is 0.787. The Morgan fingerprint density at radius 1 is 1.71 bits per heavy atom. The maximum atomic E-state index is 5.66. The zero-order valence-corrected chi connectivity index (χ0v) is 10.0. The van der Waals surface area contributed by atoms with Crippen molar-refractivity contribution in [3.8, 4) is 0 Å². The first-order valence-electron chi connectivity index (χ1n) is 4.64. The molecule has 2 nitrogen and oxygen atoms in total. The standard InChI is InChI=1S/C10H14O2S2/c1-7-10(11-2,3-4-12-7)8-5-9(13)14-6-8/h5-7,13H,3-4H2,1-2H3. The first-order valence-corrected chi connectivity index (χ1v) is 5.96. The lowest BCUT2D eigenvalue weighted by molar-refractivity contribution is -0.0645. The van der Waals surface area contributed by atoms with Crippen LogP contribution in [-0.4, -0.2) is 19.8 Å². The van der Waals surface area contributed by atoms with Crippen LogP contribution in [0.5, 0.6) is 0 Å². The first kappa shape index (κ1) is 10.5. The molecule has 4 heteroatoms. The van der Waals surface area contributed by atoms with Crippen molar-refractivity contribution < 1.29 is 9.47 Å². The second kappa shape index (κ2) is 3.85. The van der Waals surface area contributed by atoms with Crippen molar-refractivity contribution in [2.45, 2.75) is 29.3 Å². The molecule has 0 spiro atoms. The van der Waals surface area contributed by atoms with Crippen LogP contribution in [0.3, 0.4) is 0 Å². The summed E-state index contributed by atoms with van der Waals surface area (Å²) in [6, 6.07) is 2.07. The summed E-state index contributed by atoms with van der Waals surface area (Å²) in [6.07, 6.45) is 1.05. The first-order chi connectivity index (χ1) is 6.69. The largest absolute Gasteiger partial charge is 0.375 e. The molecule has 78 valence electrons. The Kier molecular flexibility index (Phi) is 2.88. The Hall–Kier alpha value is -0.0300. The van der Waals surface area contributed by atoms with Crippen molar-refractivity contribution in [1.82, 2.24) is 0 Å². The van der Waals surface area contributed by atoms with Gasteiger partial charge < -0.3 is 9.47 Å². The Labute approximate surface area is 93.6 Å². The molecule has 2 rings (SSSR count). The van der Waals surface area contributed by atoms with E-state index in [1.807, 2.05) is 0 Å². The van der Waals surface area contributed by atoms with E-state index >= 15 is 0 Å². The van der Waals surface area contributed by atoms with Crippen molar-refractivity contribution in [3.05, 3.63) is 17.0 Å². The van der Waals surface area contributed by atoms with Gasteiger partial charge in [-0.2, -0.15) is 0 Å². The number of ether oxygens (including phenoxy) is 2. The normalized spacial score (nSPS) is 32.4. The van der Waals surface area contributed by atoms with Crippen LogP contribution >= 0.6 is 24.0 Å². The number of hydrogen-bond donors (Lipinski definition) is 1. The fourth-order valence-electron chi connectivity index (χ4n) is 2.04. The van der Waals surface area contributed by atoms with Gasteiger partial charge in [0, 0.05) is 13.5 Å². The van der Waals surface area contributed by atoms with E-state index in [0.717, 1.165) is 17.2 Å². The van der Waals surface area contributed by atoms with Gasteiger partial charge in [0.05, 0.1) is 16.9 Å². The lowest BCUT2D eigenvalue weighted by Gasteiger charge is -2.30. The van der Waals surface area contributed by atoms with Gasteiger partial charge in [-0.15, -0.1) is 24.0 Å². The number of methoxy groups -OCH3 is 1. The number of rotatable bonds is 2. The second-order valence-electron chi connectivity index (χ2n) is 3.53. The molecule has 14 heavy (non-hydrogen) atoms. The Balaban J connectivity index is 2.37. The van der Waals surface area contributed by atoms with Gasteiger partial charge in [-0.05, 0) is 23.9 Å². The van der Waals surface area contributed by atoms with Crippen LogP contribution in [-0.2, 0) is 15.1 Å². The van der Waals surface area contributed by atoms with Gasteiger partial charge in [0.1, 0.15) is 5.60 Å². The summed E-state index contributed by atoms with van der Waals surface area (Å²) < 4.78 is 12.3. The minimum atomic E-state index is -0.252. The van der Waals surface area contributed by atoms with Crippen LogP contribution < -0.4 is 0 Å². The van der Waals surface area contributed by atoms with Gasteiger partial charge in [0.25, 0.3) is 0 Å². The molecule has 0 aliphatic carbocycles. The summed E-state index contributed by atoms with van der Waals surface area (Å²) in [4.78, 5) is 0. The molecule has 0 N–H and O–H groups in total. The monoisotopic (exact) mass is 230 g/mol. The van der Waals surface area contributed by atoms with Gasteiger partial charge >= 0.3 is 0 Å². The molecular formula is C10H14O2S2. The summed E-state index contributed by atoms with van der Waals surface area (Å²) in [5.74, 6) is 0. The molecule has 1 aromatic heterocycles. The molecule has 0 bridgehead atoms. The van der Waals surface area contributed by atoms with Gasteiger partial charge in [-0.1, -0.05) is 0 Å². The third-order valence-corrected chi connectivity index (χ3v) is 4.11. The average Bonchev–Trinajstić information content (AvgIpc) is 2.73. The van der Waals surface area contributed by atoms with E-state index < -0.39 is 0 Å². The zero-order chi connectivity index (χ0) is 10.2. The molecule has 2 unspecified atom stereocenters. The van der Waals surface area contributed by atoms with Crippen LogP contribution in [0, 0.1) is 0 Å². The summed E-state index contributed by atoms with van der Waals surface area (Å²) >= 11 is 5.96. The average molecular weight is 230 g/mol. The third-order valence-electron chi connectivity index (χ3n) is 2.94. The van der Waals surface area contributed by atoms with Crippen molar-refractivity contribution in [2.75, 3.05) is 13.7 Å². The molecule has 1 aromatic rings. The predicted octanol–water partition coefficient (Wildman–Crippen LogP) is 2.69. The zero-order valence-electron chi connectivity index (χ0n) is 8.32. The van der Waals surface area contributed by atoms with E-state index in [-0.39, 0.29) is 11.7 Å². The fraction of sp³-hybridized carbons (Fsp3) is 0.600. The highest BCUT2D eigenvalue weighted by atomic mass is 32.2. The smallest absolute Gasteiger partial charge is 0.121 e. The SMILES string of the molecule is COC1(c2csc(S)c2)CCOC1C. The molecule has 2 atom stereocenters. The number of hydrogen-bond acceptors (Lipinski definition) is 4. The van der Waals surface area contributed by atoms with Crippen molar-refractivity contribution in [1.29, 1.82) is 0 Å². The maximum absolute atomic E-state index is 5.66. The van der Waals surface area contributed by atoms with E-state index in [1.165, 1.54) is 5.56 Å². The molecule has 0 radical (unpaired) electrons. The molecule has 2 heterocycles. The van der Waals surface area contributed by atoms with E-state index in [4.69, 9.17) is 9.47 Å².